The average molecular weight is 488 g/mol. The largest absolute Gasteiger partial charge is 0.504 e. The van der Waals surface area contributed by atoms with Gasteiger partial charge in [0.1, 0.15) is 0 Å². The molecule has 2 atom stereocenters. The second-order valence-corrected chi connectivity index (χ2v) is 9.48. The van der Waals surface area contributed by atoms with Gasteiger partial charge in [-0.1, -0.05) is 48.4 Å². The highest BCUT2D eigenvalue weighted by molar-refractivity contribution is 6.36. The number of aromatic nitrogens is 2. The third-order valence-electron chi connectivity index (χ3n) is 6.93. The number of H-pyrrole nitrogens is 1. The van der Waals surface area contributed by atoms with Gasteiger partial charge in [-0.05, 0) is 60.9 Å². The number of fused-ring (bicyclic) bond motifs is 1. The number of nitrogens with zero attached hydrogens (tertiary/aromatic N) is 1. The molecule has 1 aliphatic rings. The van der Waals surface area contributed by atoms with Gasteiger partial charge >= 0.3 is 0 Å². The van der Waals surface area contributed by atoms with Crippen molar-refractivity contribution in [1.29, 1.82) is 0 Å². The number of amides is 1. The van der Waals surface area contributed by atoms with Crippen LogP contribution < -0.4 is 5.32 Å². The van der Waals surface area contributed by atoms with Crippen LogP contribution in [0.3, 0.4) is 0 Å². The monoisotopic (exact) mass is 487 g/mol. The Bertz CT molecular complexity index is 1380. The lowest BCUT2D eigenvalue weighted by Crippen LogP contribution is -2.15. The number of carbonyl (C=O) groups excluding carboxylic acids is 2. The molecule has 1 saturated carbocycles. The summed E-state index contributed by atoms with van der Waals surface area (Å²) in [6.07, 6.45) is 7.85. The number of hydrogen-bond acceptors (Lipinski definition) is 4. The van der Waals surface area contributed by atoms with Gasteiger partial charge in [-0.15, -0.1) is 0 Å². The summed E-state index contributed by atoms with van der Waals surface area (Å²) in [7, 11) is 0. The number of benzene rings is 2. The molecule has 0 spiro atoms. The predicted molar refractivity (Wildman–Crippen MR) is 137 cm³/mol. The molecule has 1 amide bonds. The lowest BCUT2D eigenvalue weighted by atomic mass is 9.85. The highest BCUT2D eigenvalue weighted by Crippen LogP contribution is 2.45. The number of aromatic amines is 1. The minimum absolute atomic E-state index is 0.0413. The normalized spacial score (nSPS) is 17.5. The van der Waals surface area contributed by atoms with Gasteiger partial charge in [0.15, 0.2) is 17.4 Å². The van der Waals surface area contributed by atoms with Crippen LogP contribution in [0.5, 0.6) is 5.75 Å². The Morgan fingerprint density at radius 2 is 1.94 bits per heavy atom. The Kier molecular flexibility index (Phi) is 6.55. The zero-order valence-corrected chi connectivity index (χ0v) is 19.9. The third kappa shape index (κ3) is 4.80. The van der Waals surface area contributed by atoms with Gasteiger partial charge in [-0.2, -0.15) is 0 Å². The molecule has 0 bridgehead atoms. The molecule has 0 radical (unpaired) electrons. The molecule has 5 rings (SSSR count). The molecule has 178 valence electrons. The Morgan fingerprint density at radius 3 is 2.74 bits per heavy atom. The minimum Gasteiger partial charge on any atom is -0.504 e. The van der Waals surface area contributed by atoms with Gasteiger partial charge in [0, 0.05) is 40.8 Å². The van der Waals surface area contributed by atoms with E-state index in [4.69, 9.17) is 11.6 Å². The molecule has 1 fully saturated rings. The van der Waals surface area contributed by atoms with Crippen molar-refractivity contribution >= 4 is 40.0 Å². The number of ketones is 1. The van der Waals surface area contributed by atoms with E-state index in [1.165, 1.54) is 17.8 Å². The molecule has 0 saturated heterocycles. The molecule has 1 aliphatic carbocycles. The van der Waals surface area contributed by atoms with E-state index < -0.39 is 0 Å². The van der Waals surface area contributed by atoms with E-state index in [0.717, 1.165) is 36.6 Å². The number of hydrogen-bond donors (Lipinski definition) is 3. The fraction of sp³-hybridized carbons (Fsp3) is 0.250. The van der Waals surface area contributed by atoms with Crippen molar-refractivity contribution in [3.63, 3.8) is 0 Å². The SMILES string of the molecule is O=C(CCC1CCCC1c1c[nH]c2cc(C(=O)c3ccccc3)c(Cl)cc12)Nc1ncccc1O. The van der Waals surface area contributed by atoms with E-state index in [-0.39, 0.29) is 23.3 Å². The Labute approximate surface area is 208 Å². The maximum Gasteiger partial charge on any atom is 0.225 e. The Hall–Kier alpha value is -3.64. The van der Waals surface area contributed by atoms with Gasteiger partial charge in [-0.3, -0.25) is 9.59 Å². The van der Waals surface area contributed by atoms with Gasteiger partial charge < -0.3 is 15.4 Å². The number of anilines is 1. The van der Waals surface area contributed by atoms with Crippen molar-refractivity contribution in [3.05, 3.63) is 88.7 Å². The predicted octanol–water partition coefficient (Wildman–Crippen LogP) is 6.46. The summed E-state index contributed by atoms with van der Waals surface area (Å²) >= 11 is 6.60. The molecule has 2 unspecified atom stereocenters. The van der Waals surface area contributed by atoms with Crippen LogP contribution in [0, 0.1) is 5.92 Å². The van der Waals surface area contributed by atoms with Crippen LogP contribution in [-0.4, -0.2) is 26.8 Å². The summed E-state index contributed by atoms with van der Waals surface area (Å²) in [4.78, 5) is 32.8. The van der Waals surface area contributed by atoms with Gasteiger partial charge in [0.05, 0.1) is 5.02 Å². The zero-order chi connectivity index (χ0) is 24.4. The quantitative estimate of drug-likeness (QED) is 0.261. The molecule has 0 aliphatic heterocycles. The molecule has 4 aromatic rings. The smallest absolute Gasteiger partial charge is 0.225 e. The second kappa shape index (κ2) is 9.92. The molecule has 2 heterocycles. The van der Waals surface area contributed by atoms with Gasteiger partial charge in [0.25, 0.3) is 0 Å². The highest BCUT2D eigenvalue weighted by Gasteiger charge is 2.31. The number of carbonyl (C=O) groups is 2. The lowest BCUT2D eigenvalue weighted by molar-refractivity contribution is -0.116. The van der Waals surface area contributed by atoms with Crippen LogP contribution in [-0.2, 0) is 4.79 Å². The van der Waals surface area contributed by atoms with E-state index in [1.54, 1.807) is 18.2 Å². The number of pyridine rings is 1. The van der Waals surface area contributed by atoms with E-state index in [2.05, 4.69) is 15.3 Å². The lowest BCUT2D eigenvalue weighted by Gasteiger charge is -2.19. The summed E-state index contributed by atoms with van der Waals surface area (Å²) in [6.45, 7) is 0. The molecule has 2 aromatic carbocycles. The number of halogens is 1. The minimum atomic E-state index is -0.157. The Balaban J connectivity index is 1.32. The fourth-order valence-electron chi connectivity index (χ4n) is 5.19. The van der Waals surface area contributed by atoms with Gasteiger partial charge in [0.2, 0.25) is 5.91 Å². The van der Waals surface area contributed by atoms with Crippen LogP contribution in [0.25, 0.3) is 10.9 Å². The van der Waals surface area contributed by atoms with Crippen molar-refractivity contribution < 1.29 is 14.7 Å². The number of rotatable bonds is 7. The molecular weight excluding hydrogens is 462 g/mol. The van der Waals surface area contributed by atoms with Crippen LogP contribution in [0.4, 0.5) is 5.82 Å². The molecule has 35 heavy (non-hydrogen) atoms. The number of aromatic hydroxyl groups is 1. The van der Waals surface area contributed by atoms with E-state index in [9.17, 15) is 14.7 Å². The topological polar surface area (TPSA) is 95.1 Å². The molecule has 3 N–H and O–H groups in total. The standard InChI is InChI=1S/C28H26ClN3O3/c29-23-14-20-22(16-31-24(20)15-21(23)27(35)18-6-2-1-3-7-18)19-9-4-8-17(19)11-12-26(34)32-28-25(33)10-5-13-30-28/h1-3,5-7,10,13-17,19,31,33H,4,8-9,11-12H2,(H,30,32,34). The van der Waals surface area contributed by atoms with E-state index >= 15 is 0 Å². The fourth-order valence-corrected chi connectivity index (χ4v) is 5.44. The second-order valence-electron chi connectivity index (χ2n) is 9.07. The molecule has 7 heteroatoms. The highest BCUT2D eigenvalue weighted by atomic mass is 35.5. The zero-order valence-electron chi connectivity index (χ0n) is 19.1. The summed E-state index contributed by atoms with van der Waals surface area (Å²) in [5.41, 5.74) is 3.16. The molecule has 6 nitrogen and oxygen atoms in total. The van der Waals surface area contributed by atoms with Crippen molar-refractivity contribution in [2.75, 3.05) is 5.32 Å². The average Bonchev–Trinajstić information content (AvgIpc) is 3.50. The first-order valence-electron chi connectivity index (χ1n) is 11.9. The maximum absolute atomic E-state index is 13.0. The summed E-state index contributed by atoms with van der Waals surface area (Å²) in [5.74, 6) is 0.564. The maximum atomic E-state index is 13.0. The Morgan fingerprint density at radius 1 is 1.11 bits per heavy atom. The van der Waals surface area contributed by atoms with Crippen molar-refractivity contribution in [2.45, 2.75) is 38.0 Å². The first kappa shape index (κ1) is 23.1. The van der Waals surface area contributed by atoms with E-state index in [0.29, 0.717) is 34.4 Å². The van der Waals surface area contributed by atoms with Crippen molar-refractivity contribution in [1.82, 2.24) is 9.97 Å². The van der Waals surface area contributed by atoms with Gasteiger partial charge in [-0.25, -0.2) is 4.98 Å². The van der Waals surface area contributed by atoms with Crippen LogP contribution in [0.2, 0.25) is 5.02 Å². The molecule has 2 aromatic heterocycles. The first-order valence-corrected chi connectivity index (χ1v) is 12.2. The third-order valence-corrected chi connectivity index (χ3v) is 7.24. The number of nitrogens with one attached hydrogen (secondary N) is 2. The summed E-state index contributed by atoms with van der Waals surface area (Å²) in [5, 5.41) is 14.0. The van der Waals surface area contributed by atoms with Crippen LogP contribution in [0.1, 0.15) is 59.5 Å². The molecular formula is C28H26ClN3O3. The van der Waals surface area contributed by atoms with E-state index in [1.807, 2.05) is 36.5 Å². The summed E-state index contributed by atoms with van der Waals surface area (Å²) in [6, 6.07) is 16.0. The van der Waals surface area contributed by atoms with Crippen molar-refractivity contribution in [2.24, 2.45) is 5.92 Å². The first-order chi connectivity index (χ1) is 17.0. The van der Waals surface area contributed by atoms with Crippen molar-refractivity contribution in [3.8, 4) is 5.75 Å². The van der Waals surface area contributed by atoms with Crippen LogP contribution >= 0.6 is 11.6 Å². The van der Waals surface area contributed by atoms with Crippen LogP contribution in [0.15, 0.2) is 67.0 Å². The summed E-state index contributed by atoms with van der Waals surface area (Å²) < 4.78 is 0.